The van der Waals surface area contributed by atoms with Crippen molar-refractivity contribution in [2.45, 2.75) is 13.5 Å². The van der Waals surface area contributed by atoms with Gasteiger partial charge >= 0.3 is 0 Å². The summed E-state index contributed by atoms with van der Waals surface area (Å²) in [6.07, 6.45) is 1.47. The highest BCUT2D eigenvalue weighted by molar-refractivity contribution is 5.67. The Labute approximate surface area is 63.6 Å². The first kappa shape index (κ1) is 7.59. The second kappa shape index (κ2) is 3.05. The van der Waals surface area contributed by atoms with Crippen LogP contribution >= 0.6 is 0 Å². The van der Waals surface area contributed by atoms with E-state index in [-0.39, 0.29) is 12.6 Å². The van der Waals surface area contributed by atoms with E-state index in [9.17, 15) is 0 Å². The smallest absolute Gasteiger partial charge is 0.279 e. The predicted octanol–water partition coefficient (Wildman–Crippen LogP) is 0.393. The second-order valence-corrected chi connectivity index (χ2v) is 2.08. The van der Waals surface area contributed by atoms with Crippen LogP contribution in [0, 0.1) is 12.3 Å². The third-order valence-corrected chi connectivity index (χ3v) is 1.23. The summed E-state index contributed by atoms with van der Waals surface area (Å²) in [6.45, 7) is 2.03. The van der Waals surface area contributed by atoms with E-state index in [1.807, 2.05) is 0 Å². The van der Waals surface area contributed by atoms with E-state index in [0.29, 0.717) is 0 Å². The van der Waals surface area contributed by atoms with E-state index in [1.165, 1.54) is 6.26 Å². The summed E-state index contributed by atoms with van der Waals surface area (Å²) >= 11 is 0. The van der Waals surface area contributed by atoms with Gasteiger partial charge in [-0.25, -0.2) is 0 Å². The molecule has 0 aromatic carbocycles. The maximum atomic E-state index is 6.77. The molecule has 0 saturated carbocycles. The molecule has 1 aromatic heterocycles. The van der Waals surface area contributed by atoms with Gasteiger partial charge in [0, 0.05) is 0 Å². The molecule has 0 fully saturated rings. The first-order chi connectivity index (χ1) is 5.20. The molecule has 11 heavy (non-hydrogen) atoms. The summed E-state index contributed by atoms with van der Waals surface area (Å²) in [4.78, 5) is 0. The number of hydrogen-bond acceptors (Lipinski definition) is 4. The van der Waals surface area contributed by atoms with Crippen molar-refractivity contribution >= 4 is 6.02 Å². The van der Waals surface area contributed by atoms with E-state index < -0.39 is 0 Å². The second-order valence-electron chi connectivity index (χ2n) is 2.08. The standard InChI is InChI=1S/C6H9N3O2/c1-4-5(3-11-9-4)2-10-6(7)8/h3H,2H2,1H3,(H3,7,8). The van der Waals surface area contributed by atoms with Crippen LogP contribution in [0.4, 0.5) is 0 Å². The molecule has 5 nitrogen and oxygen atoms in total. The first-order valence-electron chi connectivity index (χ1n) is 3.07. The van der Waals surface area contributed by atoms with Gasteiger partial charge in [-0.15, -0.1) is 0 Å². The van der Waals surface area contributed by atoms with Gasteiger partial charge < -0.3 is 15.0 Å². The Morgan fingerprint density at radius 2 is 2.64 bits per heavy atom. The molecule has 1 aromatic rings. The third kappa shape index (κ3) is 1.96. The fourth-order valence-electron chi connectivity index (χ4n) is 0.607. The van der Waals surface area contributed by atoms with Gasteiger partial charge in [0.05, 0.1) is 11.3 Å². The van der Waals surface area contributed by atoms with Gasteiger partial charge in [-0.3, -0.25) is 5.41 Å². The van der Waals surface area contributed by atoms with Crippen molar-refractivity contribution in [3.8, 4) is 0 Å². The number of nitrogens with two attached hydrogens (primary N) is 1. The summed E-state index contributed by atoms with van der Waals surface area (Å²) in [5.41, 5.74) is 6.53. The van der Waals surface area contributed by atoms with Crippen LogP contribution < -0.4 is 5.73 Å². The summed E-state index contributed by atoms with van der Waals surface area (Å²) in [5, 5.41) is 10.4. The molecule has 0 aliphatic carbocycles. The third-order valence-electron chi connectivity index (χ3n) is 1.23. The van der Waals surface area contributed by atoms with E-state index in [1.54, 1.807) is 6.92 Å². The molecule has 0 saturated heterocycles. The highest BCUT2D eigenvalue weighted by atomic mass is 16.5. The highest BCUT2D eigenvalue weighted by Crippen LogP contribution is 2.05. The monoisotopic (exact) mass is 155 g/mol. The minimum atomic E-state index is -0.300. The number of amidine groups is 1. The Kier molecular flexibility index (Phi) is 2.10. The number of hydrogen-bond donors (Lipinski definition) is 2. The first-order valence-corrected chi connectivity index (χ1v) is 3.07. The van der Waals surface area contributed by atoms with Crippen LogP contribution in [0.1, 0.15) is 11.3 Å². The lowest BCUT2D eigenvalue weighted by atomic mass is 10.3. The van der Waals surface area contributed by atoms with Crippen molar-refractivity contribution in [3.63, 3.8) is 0 Å². The summed E-state index contributed by atoms with van der Waals surface area (Å²) in [7, 11) is 0. The van der Waals surface area contributed by atoms with E-state index in [2.05, 4.69) is 9.68 Å². The minimum absolute atomic E-state index is 0.241. The van der Waals surface area contributed by atoms with Crippen LogP contribution in [0.25, 0.3) is 0 Å². The average Bonchev–Trinajstić information content (AvgIpc) is 2.31. The van der Waals surface area contributed by atoms with Crippen molar-refractivity contribution in [1.82, 2.24) is 5.16 Å². The molecule has 1 rings (SSSR count). The topological polar surface area (TPSA) is 85.1 Å². The molecular weight excluding hydrogens is 146 g/mol. The van der Waals surface area contributed by atoms with E-state index in [4.69, 9.17) is 15.9 Å². The molecule has 0 atom stereocenters. The average molecular weight is 155 g/mol. The molecule has 0 bridgehead atoms. The van der Waals surface area contributed by atoms with Gasteiger partial charge in [0.2, 0.25) is 0 Å². The SMILES string of the molecule is Cc1nocc1COC(=N)N. The Bertz CT molecular complexity index is 256. The molecule has 0 spiro atoms. The normalized spacial score (nSPS) is 9.55. The number of rotatable bonds is 2. The van der Waals surface area contributed by atoms with Crippen molar-refractivity contribution in [2.75, 3.05) is 0 Å². The van der Waals surface area contributed by atoms with E-state index in [0.717, 1.165) is 11.3 Å². The summed E-state index contributed by atoms with van der Waals surface area (Å²) in [6, 6.07) is -0.300. The van der Waals surface area contributed by atoms with Crippen LogP contribution in [0.2, 0.25) is 0 Å². The number of nitrogens with zero attached hydrogens (tertiary/aromatic N) is 1. The Morgan fingerprint density at radius 3 is 3.09 bits per heavy atom. The molecule has 0 radical (unpaired) electrons. The highest BCUT2D eigenvalue weighted by Gasteiger charge is 2.02. The van der Waals surface area contributed by atoms with Crippen LogP contribution in [-0.2, 0) is 11.3 Å². The molecule has 0 unspecified atom stereocenters. The summed E-state index contributed by atoms with van der Waals surface area (Å²) in [5.74, 6) is 0. The number of ether oxygens (including phenoxy) is 1. The van der Waals surface area contributed by atoms with Crippen molar-refractivity contribution in [2.24, 2.45) is 5.73 Å². The van der Waals surface area contributed by atoms with Gasteiger partial charge in [0.1, 0.15) is 12.9 Å². The van der Waals surface area contributed by atoms with Crippen LogP contribution in [0.5, 0.6) is 0 Å². The molecule has 5 heteroatoms. The number of nitrogens with one attached hydrogen (secondary N) is 1. The fourth-order valence-corrected chi connectivity index (χ4v) is 0.607. The molecule has 60 valence electrons. The molecule has 0 aliphatic heterocycles. The zero-order valence-electron chi connectivity index (χ0n) is 6.13. The van der Waals surface area contributed by atoms with E-state index >= 15 is 0 Å². The van der Waals surface area contributed by atoms with Gasteiger partial charge in [0.25, 0.3) is 6.02 Å². The quantitative estimate of drug-likeness (QED) is 0.478. The fraction of sp³-hybridized carbons (Fsp3) is 0.333. The lowest BCUT2D eigenvalue weighted by Gasteiger charge is -1.99. The van der Waals surface area contributed by atoms with Crippen molar-refractivity contribution in [3.05, 3.63) is 17.5 Å². The molecule has 3 N–H and O–H groups in total. The van der Waals surface area contributed by atoms with Gasteiger partial charge in [-0.05, 0) is 6.92 Å². The molecule has 0 amide bonds. The lowest BCUT2D eigenvalue weighted by Crippen LogP contribution is -2.13. The van der Waals surface area contributed by atoms with Crippen LogP contribution in [0.3, 0.4) is 0 Å². The van der Waals surface area contributed by atoms with Gasteiger partial charge in [-0.1, -0.05) is 5.16 Å². The number of aryl methyl sites for hydroxylation is 1. The lowest BCUT2D eigenvalue weighted by molar-refractivity contribution is 0.282. The maximum Gasteiger partial charge on any atom is 0.279 e. The Hall–Kier alpha value is -1.52. The van der Waals surface area contributed by atoms with Crippen LogP contribution in [0.15, 0.2) is 10.8 Å². The van der Waals surface area contributed by atoms with Crippen molar-refractivity contribution < 1.29 is 9.26 Å². The Balaban J connectivity index is 2.51. The van der Waals surface area contributed by atoms with Gasteiger partial charge in [0.15, 0.2) is 0 Å². The Morgan fingerprint density at radius 1 is 1.91 bits per heavy atom. The van der Waals surface area contributed by atoms with Crippen molar-refractivity contribution in [1.29, 1.82) is 5.41 Å². The van der Waals surface area contributed by atoms with Crippen LogP contribution in [-0.4, -0.2) is 11.2 Å². The van der Waals surface area contributed by atoms with Gasteiger partial charge in [-0.2, -0.15) is 0 Å². The minimum Gasteiger partial charge on any atom is -0.461 e. The zero-order chi connectivity index (χ0) is 8.27. The molecular formula is C6H9N3O2. The molecule has 1 heterocycles. The number of aromatic nitrogens is 1. The summed E-state index contributed by atoms with van der Waals surface area (Å²) < 4.78 is 9.36. The maximum absolute atomic E-state index is 6.77. The zero-order valence-corrected chi connectivity index (χ0v) is 6.13. The largest absolute Gasteiger partial charge is 0.461 e. The molecule has 0 aliphatic rings. The predicted molar refractivity (Wildman–Crippen MR) is 37.9 cm³/mol.